The number of amides is 3. The summed E-state index contributed by atoms with van der Waals surface area (Å²) in [6.07, 6.45) is 5.30. The molecule has 0 atom stereocenters. The average molecular weight is 368 g/mol. The molecule has 0 saturated heterocycles. The van der Waals surface area contributed by atoms with Gasteiger partial charge < -0.3 is 5.32 Å². The van der Waals surface area contributed by atoms with E-state index in [0.29, 0.717) is 29.1 Å². The first kappa shape index (κ1) is 18.8. The number of aryl methyl sites for hydroxylation is 1. The van der Waals surface area contributed by atoms with E-state index in [1.165, 1.54) is 11.0 Å². The maximum absolute atomic E-state index is 12.6. The number of carbonyl (C=O) groups is 3. The van der Waals surface area contributed by atoms with Crippen molar-refractivity contribution in [2.24, 2.45) is 0 Å². The minimum atomic E-state index is -0.330. The highest BCUT2D eigenvalue weighted by molar-refractivity contribution is 6.22. The molecular weight excluding hydrogens is 344 g/mol. The third kappa shape index (κ3) is 3.77. The van der Waals surface area contributed by atoms with Crippen molar-refractivity contribution in [1.29, 1.82) is 0 Å². The van der Waals surface area contributed by atoms with Crippen LogP contribution in [0, 0.1) is 0 Å². The zero-order valence-electron chi connectivity index (χ0n) is 15.7. The van der Waals surface area contributed by atoms with Crippen LogP contribution >= 0.6 is 0 Å². The SMILES string of the molecule is CCCCN1C(=O)c2ccc(C(=O)Nc3ccnn3CCCC)cc2C1=O. The number of nitrogens with zero attached hydrogens (tertiary/aromatic N) is 3. The number of nitrogens with one attached hydrogen (secondary N) is 1. The summed E-state index contributed by atoms with van der Waals surface area (Å²) in [5, 5.41) is 7.05. The lowest BCUT2D eigenvalue weighted by Crippen LogP contribution is -2.30. The minimum Gasteiger partial charge on any atom is -0.307 e. The molecule has 2 heterocycles. The number of hydrogen-bond donors (Lipinski definition) is 1. The Balaban J connectivity index is 1.77. The first-order valence-electron chi connectivity index (χ1n) is 9.40. The Kier molecular flexibility index (Phi) is 5.69. The van der Waals surface area contributed by atoms with E-state index in [0.717, 1.165) is 32.2 Å². The Morgan fingerprint density at radius 1 is 1.00 bits per heavy atom. The van der Waals surface area contributed by atoms with Crippen LogP contribution in [0.3, 0.4) is 0 Å². The molecule has 3 amide bonds. The molecule has 2 aromatic rings. The molecule has 0 aliphatic carbocycles. The molecule has 0 saturated carbocycles. The molecule has 0 fully saturated rings. The molecule has 3 rings (SSSR count). The molecule has 1 aliphatic rings. The second kappa shape index (κ2) is 8.16. The van der Waals surface area contributed by atoms with Crippen molar-refractivity contribution in [1.82, 2.24) is 14.7 Å². The lowest BCUT2D eigenvalue weighted by atomic mass is 10.1. The maximum atomic E-state index is 12.6. The highest BCUT2D eigenvalue weighted by Gasteiger charge is 2.35. The highest BCUT2D eigenvalue weighted by atomic mass is 16.2. The molecule has 7 heteroatoms. The predicted octanol–water partition coefficient (Wildman–Crippen LogP) is 3.33. The lowest BCUT2D eigenvalue weighted by molar-refractivity contribution is 0.0652. The Morgan fingerprint density at radius 3 is 2.44 bits per heavy atom. The molecule has 27 heavy (non-hydrogen) atoms. The highest BCUT2D eigenvalue weighted by Crippen LogP contribution is 2.25. The van der Waals surface area contributed by atoms with Crippen molar-refractivity contribution in [2.45, 2.75) is 46.1 Å². The molecule has 0 bridgehead atoms. The number of benzene rings is 1. The Bertz CT molecular complexity index is 872. The van der Waals surface area contributed by atoms with Crippen LogP contribution in [-0.4, -0.2) is 38.9 Å². The van der Waals surface area contributed by atoms with Crippen LogP contribution in [-0.2, 0) is 6.54 Å². The smallest absolute Gasteiger partial charge is 0.261 e. The molecule has 0 radical (unpaired) electrons. The van der Waals surface area contributed by atoms with Gasteiger partial charge in [0.05, 0.1) is 17.3 Å². The normalized spacial score (nSPS) is 13.2. The molecular formula is C20H24N4O3. The molecule has 7 nitrogen and oxygen atoms in total. The van der Waals surface area contributed by atoms with E-state index in [1.807, 2.05) is 6.92 Å². The van der Waals surface area contributed by atoms with Gasteiger partial charge in [-0.15, -0.1) is 0 Å². The zero-order chi connectivity index (χ0) is 19.4. The van der Waals surface area contributed by atoms with Crippen LogP contribution < -0.4 is 5.32 Å². The summed E-state index contributed by atoms with van der Waals surface area (Å²) in [6, 6.07) is 6.38. The molecule has 1 aromatic heterocycles. The summed E-state index contributed by atoms with van der Waals surface area (Å²) in [6.45, 7) is 5.23. The van der Waals surface area contributed by atoms with Gasteiger partial charge in [0.1, 0.15) is 5.82 Å². The average Bonchev–Trinajstić information content (AvgIpc) is 3.21. The second-order valence-corrected chi connectivity index (χ2v) is 6.62. The number of rotatable bonds is 8. The van der Waals surface area contributed by atoms with Gasteiger partial charge in [0.2, 0.25) is 0 Å². The fraction of sp³-hybridized carbons (Fsp3) is 0.400. The number of imide groups is 1. The van der Waals surface area contributed by atoms with Crippen molar-refractivity contribution >= 4 is 23.5 Å². The van der Waals surface area contributed by atoms with Gasteiger partial charge in [-0.2, -0.15) is 5.10 Å². The van der Waals surface area contributed by atoms with E-state index in [4.69, 9.17) is 0 Å². The van der Waals surface area contributed by atoms with Crippen LogP contribution in [0.25, 0.3) is 0 Å². The second-order valence-electron chi connectivity index (χ2n) is 6.62. The maximum Gasteiger partial charge on any atom is 0.261 e. The summed E-state index contributed by atoms with van der Waals surface area (Å²) in [7, 11) is 0. The van der Waals surface area contributed by atoms with Gasteiger partial charge in [-0.05, 0) is 31.0 Å². The van der Waals surface area contributed by atoms with E-state index in [9.17, 15) is 14.4 Å². The van der Waals surface area contributed by atoms with Gasteiger partial charge in [0, 0.05) is 24.7 Å². The third-order valence-corrected chi connectivity index (χ3v) is 4.65. The molecule has 1 N–H and O–H groups in total. The van der Waals surface area contributed by atoms with Crippen molar-refractivity contribution < 1.29 is 14.4 Å². The summed E-state index contributed by atoms with van der Waals surface area (Å²) in [5.74, 6) is -0.330. The molecule has 0 unspecified atom stereocenters. The summed E-state index contributed by atoms with van der Waals surface area (Å²) in [4.78, 5) is 38.8. The standard InChI is InChI=1S/C20H24N4O3/c1-3-5-11-23-19(26)15-8-7-14(13-16(15)20(23)27)18(25)22-17-9-10-21-24(17)12-6-4-2/h7-10,13H,3-6,11-12H2,1-2H3,(H,22,25). The van der Waals surface area contributed by atoms with Crippen LogP contribution in [0.2, 0.25) is 0 Å². The Labute approximate surface area is 158 Å². The zero-order valence-corrected chi connectivity index (χ0v) is 15.7. The van der Waals surface area contributed by atoms with Gasteiger partial charge >= 0.3 is 0 Å². The van der Waals surface area contributed by atoms with E-state index in [-0.39, 0.29) is 17.7 Å². The third-order valence-electron chi connectivity index (χ3n) is 4.65. The van der Waals surface area contributed by atoms with Gasteiger partial charge in [0.25, 0.3) is 17.7 Å². The van der Waals surface area contributed by atoms with Crippen LogP contribution in [0.15, 0.2) is 30.5 Å². The Morgan fingerprint density at radius 2 is 1.70 bits per heavy atom. The minimum absolute atomic E-state index is 0.284. The van der Waals surface area contributed by atoms with Gasteiger partial charge in [-0.3, -0.25) is 19.3 Å². The number of aromatic nitrogens is 2. The predicted molar refractivity (Wildman–Crippen MR) is 102 cm³/mol. The van der Waals surface area contributed by atoms with Crippen molar-refractivity contribution in [3.05, 3.63) is 47.2 Å². The fourth-order valence-electron chi connectivity index (χ4n) is 3.06. The molecule has 0 spiro atoms. The largest absolute Gasteiger partial charge is 0.307 e. The summed E-state index contributed by atoms with van der Waals surface area (Å²) >= 11 is 0. The van der Waals surface area contributed by atoms with Crippen molar-refractivity contribution in [3.8, 4) is 0 Å². The lowest BCUT2D eigenvalue weighted by Gasteiger charge is -2.12. The topological polar surface area (TPSA) is 84.3 Å². The Hall–Kier alpha value is -2.96. The van der Waals surface area contributed by atoms with Gasteiger partial charge in [-0.1, -0.05) is 26.7 Å². The first-order valence-corrected chi connectivity index (χ1v) is 9.40. The molecule has 1 aromatic carbocycles. The quantitative estimate of drug-likeness (QED) is 0.724. The van der Waals surface area contributed by atoms with E-state index >= 15 is 0 Å². The van der Waals surface area contributed by atoms with Crippen LogP contribution in [0.5, 0.6) is 0 Å². The van der Waals surface area contributed by atoms with Gasteiger partial charge in [0.15, 0.2) is 0 Å². The number of unbranched alkanes of at least 4 members (excludes halogenated alkanes) is 2. The van der Waals surface area contributed by atoms with Crippen molar-refractivity contribution in [3.63, 3.8) is 0 Å². The van der Waals surface area contributed by atoms with E-state index < -0.39 is 0 Å². The van der Waals surface area contributed by atoms with Gasteiger partial charge in [-0.25, -0.2) is 4.68 Å². The van der Waals surface area contributed by atoms with Crippen LogP contribution in [0.4, 0.5) is 5.82 Å². The monoisotopic (exact) mass is 368 g/mol. The van der Waals surface area contributed by atoms with Crippen molar-refractivity contribution in [2.75, 3.05) is 11.9 Å². The van der Waals surface area contributed by atoms with E-state index in [1.54, 1.807) is 29.1 Å². The summed E-state index contributed by atoms with van der Waals surface area (Å²) < 4.78 is 1.75. The molecule has 142 valence electrons. The van der Waals surface area contributed by atoms with Crippen LogP contribution in [0.1, 0.15) is 70.6 Å². The number of anilines is 1. The number of carbonyl (C=O) groups excluding carboxylic acids is 3. The fourth-order valence-corrected chi connectivity index (χ4v) is 3.06. The molecule has 1 aliphatic heterocycles. The number of fused-ring (bicyclic) bond motifs is 1. The first-order chi connectivity index (χ1) is 13.1. The summed E-state index contributed by atoms with van der Waals surface area (Å²) in [5.41, 5.74) is 0.999. The van der Waals surface area contributed by atoms with E-state index in [2.05, 4.69) is 17.3 Å². The number of hydrogen-bond acceptors (Lipinski definition) is 4.